The maximum Gasteiger partial charge on any atom is 0.253 e. The van der Waals surface area contributed by atoms with E-state index in [-0.39, 0.29) is 23.9 Å². The first kappa shape index (κ1) is 25.2. The van der Waals surface area contributed by atoms with Crippen LogP contribution >= 0.6 is 0 Å². The van der Waals surface area contributed by atoms with Crippen LogP contribution in [0.1, 0.15) is 77.3 Å². The molecule has 3 fully saturated rings. The normalized spacial score (nSPS) is 26.5. The van der Waals surface area contributed by atoms with Gasteiger partial charge in [0.25, 0.3) is 11.8 Å². The van der Waals surface area contributed by atoms with Gasteiger partial charge < -0.3 is 25.2 Å². The number of rotatable bonds is 6. The molecule has 1 aromatic carbocycles. The van der Waals surface area contributed by atoms with Gasteiger partial charge in [0.2, 0.25) is 0 Å². The minimum atomic E-state index is -0.0383. The van der Waals surface area contributed by atoms with E-state index in [0.717, 1.165) is 81.7 Å². The van der Waals surface area contributed by atoms with Gasteiger partial charge in [0, 0.05) is 54.5 Å². The average molecular weight is 518 g/mol. The van der Waals surface area contributed by atoms with Gasteiger partial charge in [-0.2, -0.15) is 0 Å². The van der Waals surface area contributed by atoms with Crippen molar-refractivity contribution in [3.05, 3.63) is 52.7 Å². The number of likely N-dealkylation sites (tertiary alicyclic amines) is 1. The van der Waals surface area contributed by atoms with Crippen LogP contribution in [0.3, 0.4) is 0 Å². The van der Waals surface area contributed by atoms with Crippen molar-refractivity contribution in [2.45, 2.75) is 83.0 Å². The first-order valence-corrected chi connectivity index (χ1v) is 14.3. The van der Waals surface area contributed by atoms with Crippen LogP contribution in [0.2, 0.25) is 0 Å². The van der Waals surface area contributed by atoms with E-state index in [1.54, 1.807) is 6.20 Å². The van der Waals surface area contributed by atoms with Crippen molar-refractivity contribution >= 4 is 17.6 Å². The molecule has 2 amide bonds. The third-order valence-corrected chi connectivity index (χ3v) is 8.98. The Labute approximate surface area is 225 Å². The van der Waals surface area contributed by atoms with Crippen LogP contribution in [-0.2, 0) is 6.42 Å². The first-order chi connectivity index (χ1) is 18.5. The Balaban J connectivity index is 1.07. The van der Waals surface area contributed by atoms with Crippen LogP contribution in [0.15, 0.2) is 30.5 Å². The molecule has 1 aromatic heterocycles. The quantitative estimate of drug-likeness (QED) is 0.610. The number of hydrogen-bond donors (Lipinski definition) is 2. The molecule has 8 nitrogen and oxygen atoms in total. The van der Waals surface area contributed by atoms with Gasteiger partial charge in [-0.1, -0.05) is 13.0 Å². The Morgan fingerprint density at radius 2 is 1.82 bits per heavy atom. The molecule has 8 heteroatoms. The van der Waals surface area contributed by atoms with Gasteiger partial charge in [0.15, 0.2) is 0 Å². The zero-order chi connectivity index (χ0) is 26.2. The number of nitrogens with zero attached hydrogens (tertiary/aromatic N) is 3. The lowest BCUT2D eigenvalue weighted by Crippen LogP contribution is -2.51. The molecule has 2 bridgehead atoms. The van der Waals surface area contributed by atoms with Crippen LogP contribution < -0.4 is 20.3 Å². The van der Waals surface area contributed by atoms with E-state index in [4.69, 9.17) is 9.72 Å². The Hall–Kier alpha value is -3.13. The van der Waals surface area contributed by atoms with E-state index in [1.807, 2.05) is 31.2 Å². The molecule has 4 aliphatic rings. The maximum atomic E-state index is 13.2. The van der Waals surface area contributed by atoms with Gasteiger partial charge in [-0.3, -0.25) is 9.59 Å². The summed E-state index contributed by atoms with van der Waals surface area (Å²) in [5, 5.41) is 6.51. The van der Waals surface area contributed by atoms with Crippen molar-refractivity contribution in [1.82, 2.24) is 20.5 Å². The molecule has 3 saturated heterocycles. The van der Waals surface area contributed by atoms with Crippen molar-refractivity contribution in [3.63, 3.8) is 0 Å². The molecule has 202 valence electrons. The molecule has 4 atom stereocenters. The third-order valence-electron chi connectivity index (χ3n) is 8.98. The third kappa shape index (κ3) is 4.86. The predicted octanol–water partition coefficient (Wildman–Crippen LogP) is 3.47. The van der Waals surface area contributed by atoms with Crippen molar-refractivity contribution in [1.29, 1.82) is 0 Å². The molecular weight excluding hydrogens is 478 g/mol. The van der Waals surface area contributed by atoms with E-state index in [9.17, 15) is 9.59 Å². The molecule has 1 unspecified atom stereocenters. The molecule has 5 heterocycles. The fourth-order valence-corrected chi connectivity index (χ4v) is 6.99. The lowest BCUT2D eigenvalue weighted by atomic mass is 9.96. The molecule has 0 radical (unpaired) electrons. The van der Waals surface area contributed by atoms with Gasteiger partial charge in [-0.25, -0.2) is 4.98 Å². The molecular formula is C30H39N5O3. The van der Waals surface area contributed by atoms with E-state index >= 15 is 0 Å². The number of nitrogens with one attached hydrogen (secondary N) is 2. The minimum Gasteiger partial charge on any atom is -0.493 e. The Kier molecular flexibility index (Phi) is 6.99. The molecule has 0 saturated carbocycles. The zero-order valence-electron chi connectivity index (χ0n) is 22.5. The van der Waals surface area contributed by atoms with Crippen LogP contribution in [0, 0.1) is 6.92 Å². The number of aromatic nitrogens is 1. The largest absolute Gasteiger partial charge is 0.493 e. The summed E-state index contributed by atoms with van der Waals surface area (Å²) in [6.07, 6.45) is 8.79. The molecule has 38 heavy (non-hydrogen) atoms. The molecule has 0 aliphatic carbocycles. The second-order valence-electron chi connectivity index (χ2n) is 11.4. The average Bonchev–Trinajstić information content (AvgIpc) is 3.52. The van der Waals surface area contributed by atoms with E-state index < -0.39 is 0 Å². The van der Waals surface area contributed by atoms with Gasteiger partial charge in [-0.05, 0) is 82.3 Å². The summed E-state index contributed by atoms with van der Waals surface area (Å²) in [5.41, 5.74) is 3.47. The van der Waals surface area contributed by atoms with E-state index in [2.05, 4.69) is 27.4 Å². The van der Waals surface area contributed by atoms with Gasteiger partial charge in [0.1, 0.15) is 11.6 Å². The number of carbonyl (C=O) groups is 2. The summed E-state index contributed by atoms with van der Waals surface area (Å²) < 4.78 is 5.77. The smallest absolute Gasteiger partial charge is 0.253 e. The fraction of sp³-hybridized carbons (Fsp3) is 0.567. The first-order valence-electron chi connectivity index (χ1n) is 14.3. The highest BCUT2D eigenvalue weighted by atomic mass is 16.5. The number of carbonyl (C=O) groups excluding carboxylic acids is 2. The number of pyridine rings is 1. The minimum absolute atomic E-state index is 0.00726. The number of likely N-dealkylation sites (N-methyl/N-ethyl adjacent to an activating group) is 1. The summed E-state index contributed by atoms with van der Waals surface area (Å²) in [6, 6.07) is 8.91. The summed E-state index contributed by atoms with van der Waals surface area (Å²) in [4.78, 5) is 35.5. The van der Waals surface area contributed by atoms with Crippen molar-refractivity contribution in [2.24, 2.45) is 0 Å². The molecule has 2 N–H and O–H groups in total. The number of amides is 2. The number of fused-ring (bicyclic) bond motifs is 3. The number of hydrogen-bond acceptors (Lipinski definition) is 6. The van der Waals surface area contributed by atoms with Crippen molar-refractivity contribution in [3.8, 4) is 5.75 Å². The second kappa shape index (κ2) is 10.6. The number of ether oxygens (including phenoxy) is 1. The van der Waals surface area contributed by atoms with Crippen molar-refractivity contribution < 1.29 is 14.3 Å². The number of benzene rings is 1. The van der Waals surface area contributed by atoms with Gasteiger partial charge >= 0.3 is 0 Å². The summed E-state index contributed by atoms with van der Waals surface area (Å²) in [7, 11) is 0. The summed E-state index contributed by atoms with van der Waals surface area (Å²) in [6.45, 7) is 7.90. The van der Waals surface area contributed by atoms with Crippen LogP contribution in [0.4, 0.5) is 5.82 Å². The number of anilines is 1. The highest BCUT2D eigenvalue weighted by molar-refractivity contribution is 5.97. The molecule has 4 aliphatic heterocycles. The van der Waals surface area contributed by atoms with Gasteiger partial charge in [0.05, 0.1) is 12.2 Å². The monoisotopic (exact) mass is 517 g/mol. The predicted molar refractivity (Wildman–Crippen MR) is 147 cm³/mol. The topological polar surface area (TPSA) is 86.8 Å². The maximum absolute atomic E-state index is 13.2. The summed E-state index contributed by atoms with van der Waals surface area (Å²) >= 11 is 0. The molecule has 2 aromatic rings. The van der Waals surface area contributed by atoms with E-state index in [1.165, 1.54) is 5.56 Å². The Morgan fingerprint density at radius 1 is 1.03 bits per heavy atom. The fourth-order valence-electron chi connectivity index (χ4n) is 6.99. The Bertz CT molecular complexity index is 1190. The van der Waals surface area contributed by atoms with Crippen LogP contribution in [0.25, 0.3) is 0 Å². The zero-order valence-corrected chi connectivity index (χ0v) is 22.5. The SMILES string of the molecule is CCN1CCCC(NC(=O)c2ccc(N3[C@@H]4CC[C@H]3C[C@@H](NC(=O)c3ccc5c(c3C)OCC5)C4)nc2)C1. The van der Waals surface area contributed by atoms with Crippen LogP contribution in [0.5, 0.6) is 5.75 Å². The highest BCUT2D eigenvalue weighted by Gasteiger charge is 2.42. The molecule has 0 spiro atoms. The van der Waals surface area contributed by atoms with Crippen LogP contribution in [-0.4, -0.2) is 72.1 Å². The standard InChI is InChI=1S/C30H39N5O3/c1-3-34-13-4-5-22(18-34)32-29(36)21-7-11-27(31-17-21)35-24-8-9-25(35)16-23(15-24)33-30(37)26-10-6-20-12-14-38-28(20)19(26)2/h6-7,10-11,17,22-25H,3-5,8-9,12-16,18H2,1-2H3,(H,32,36)(H,33,37)/t22?,23-,24+,25-. The lowest BCUT2D eigenvalue weighted by Gasteiger charge is -2.40. The lowest BCUT2D eigenvalue weighted by molar-refractivity contribution is 0.0903. The highest BCUT2D eigenvalue weighted by Crippen LogP contribution is 2.39. The second-order valence-corrected chi connectivity index (χ2v) is 11.4. The Morgan fingerprint density at radius 3 is 2.55 bits per heavy atom. The van der Waals surface area contributed by atoms with E-state index in [0.29, 0.717) is 29.8 Å². The van der Waals surface area contributed by atoms with Crippen molar-refractivity contribution in [2.75, 3.05) is 31.1 Å². The van der Waals surface area contributed by atoms with Gasteiger partial charge in [-0.15, -0.1) is 0 Å². The number of piperidine rings is 2. The molecule has 6 rings (SSSR count). The summed E-state index contributed by atoms with van der Waals surface area (Å²) in [5.74, 6) is 1.77.